The Kier molecular flexibility index (Phi) is 4.14. The van der Waals surface area contributed by atoms with E-state index in [4.69, 9.17) is 12.2 Å². The molecule has 24 heavy (non-hydrogen) atoms. The quantitative estimate of drug-likeness (QED) is 0.618. The smallest absolute Gasteiger partial charge is 0.267 e. The molecule has 2 aromatic heterocycles. The van der Waals surface area contributed by atoms with Crippen molar-refractivity contribution < 1.29 is 0 Å². The van der Waals surface area contributed by atoms with Gasteiger partial charge in [0.2, 0.25) is 0 Å². The average Bonchev–Trinajstić information content (AvgIpc) is 2.86. The normalized spacial score (nSPS) is 15.0. The summed E-state index contributed by atoms with van der Waals surface area (Å²) in [6.45, 7) is 2.04. The van der Waals surface area contributed by atoms with E-state index in [-0.39, 0.29) is 5.56 Å². The number of hydrogen-bond acceptors (Lipinski definition) is 3. The van der Waals surface area contributed by atoms with E-state index in [2.05, 4.69) is 4.98 Å². The fourth-order valence-corrected chi connectivity index (χ4v) is 5.15. The summed E-state index contributed by atoms with van der Waals surface area (Å²) in [5, 5.41) is 0.853. The second kappa shape index (κ2) is 6.30. The molecule has 0 saturated carbocycles. The van der Waals surface area contributed by atoms with Crippen LogP contribution >= 0.6 is 23.6 Å². The number of thiophene rings is 1. The van der Waals surface area contributed by atoms with Crippen molar-refractivity contribution in [1.82, 2.24) is 9.55 Å². The molecule has 1 aliphatic carbocycles. The van der Waals surface area contributed by atoms with Crippen molar-refractivity contribution in [2.45, 2.75) is 45.4 Å². The molecule has 2 heterocycles. The number of aryl methyl sites for hydroxylation is 3. The second-order valence-electron chi connectivity index (χ2n) is 6.53. The first-order valence-corrected chi connectivity index (χ1v) is 9.74. The Balaban J connectivity index is 1.99. The number of nitrogens with one attached hydrogen (secondary N) is 1. The third-order valence-corrected chi connectivity index (χ3v) is 6.30. The van der Waals surface area contributed by atoms with E-state index in [1.54, 1.807) is 15.9 Å². The number of rotatable bonds is 1. The van der Waals surface area contributed by atoms with Gasteiger partial charge in [0.05, 0.1) is 11.1 Å². The zero-order chi connectivity index (χ0) is 16.7. The van der Waals surface area contributed by atoms with Crippen LogP contribution in [-0.2, 0) is 12.8 Å². The third kappa shape index (κ3) is 2.66. The van der Waals surface area contributed by atoms with Gasteiger partial charge in [-0.3, -0.25) is 9.36 Å². The Labute approximate surface area is 150 Å². The highest BCUT2D eigenvalue weighted by Gasteiger charge is 2.19. The highest BCUT2D eigenvalue weighted by Crippen LogP contribution is 2.32. The summed E-state index contributed by atoms with van der Waals surface area (Å²) in [6, 6.07) is 7.95. The van der Waals surface area contributed by atoms with Gasteiger partial charge in [0, 0.05) is 4.88 Å². The van der Waals surface area contributed by atoms with E-state index in [9.17, 15) is 4.79 Å². The van der Waals surface area contributed by atoms with E-state index < -0.39 is 0 Å². The number of aromatic nitrogens is 2. The minimum Gasteiger partial charge on any atom is -0.323 e. The molecule has 0 spiro atoms. The fraction of sp³-hybridized carbons (Fsp3) is 0.368. The molecule has 0 saturated heterocycles. The third-order valence-electron chi connectivity index (χ3n) is 4.80. The molecule has 5 heteroatoms. The predicted molar refractivity (Wildman–Crippen MR) is 103 cm³/mol. The molecule has 0 atom stereocenters. The van der Waals surface area contributed by atoms with Crippen molar-refractivity contribution in [2.24, 2.45) is 0 Å². The van der Waals surface area contributed by atoms with Crippen molar-refractivity contribution >= 4 is 33.8 Å². The molecule has 0 amide bonds. The Morgan fingerprint density at radius 3 is 2.54 bits per heavy atom. The maximum atomic E-state index is 13.2. The van der Waals surface area contributed by atoms with Crippen LogP contribution in [0.5, 0.6) is 0 Å². The minimum atomic E-state index is 0.0238. The van der Waals surface area contributed by atoms with Gasteiger partial charge in [-0.15, -0.1) is 11.3 Å². The second-order valence-corrected chi connectivity index (χ2v) is 8.02. The number of aromatic amines is 1. The van der Waals surface area contributed by atoms with E-state index in [0.717, 1.165) is 28.7 Å². The van der Waals surface area contributed by atoms with Crippen molar-refractivity contribution in [2.75, 3.05) is 0 Å². The summed E-state index contributed by atoms with van der Waals surface area (Å²) >= 11 is 7.21. The topological polar surface area (TPSA) is 37.8 Å². The predicted octanol–water partition coefficient (Wildman–Crippen LogP) is 5.08. The van der Waals surface area contributed by atoms with Gasteiger partial charge < -0.3 is 4.98 Å². The lowest BCUT2D eigenvalue weighted by Crippen LogP contribution is -2.20. The van der Waals surface area contributed by atoms with Gasteiger partial charge in [-0.25, -0.2) is 0 Å². The zero-order valence-electron chi connectivity index (χ0n) is 13.7. The molecule has 0 aliphatic heterocycles. The summed E-state index contributed by atoms with van der Waals surface area (Å²) in [7, 11) is 0. The molecule has 0 fully saturated rings. The van der Waals surface area contributed by atoms with Gasteiger partial charge >= 0.3 is 0 Å². The lowest BCUT2D eigenvalue weighted by Gasteiger charge is -2.10. The molecule has 3 nitrogen and oxygen atoms in total. The summed E-state index contributed by atoms with van der Waals surface area (Å²) in [6.07, 6.45) is 7.01. The maximum Gasteiger partial charge on any atom is 0.267 e. The number of fused-ring (bicyclic) bond motifs is 3. The van der Waals surface area contributed by atoms with Crippen LogP contribution in [0.15, 0.2) is 29.1 Å². The monoisotopic (exact) mass is 356 g/mol. The van der Waals surface area contributed by atoms with Crippen molar-refractivity contribution in [3.63, 3.8) is 0 Å². The van der Waals surface area contributed by atoms with Crippen LogP contribution in [-0.4, -0.2) is 9.55 Å². The van der Waals surface area contributed by atoms with Crippen LogP contribution in [0.4, 0.5) is 0 Å². The van der Waals surface area contributed by atoms with Crippen LogP contribution < -0.4 is 5.56 Å². The zero-order valence-corrected chi connectivity index (χ0v) is 15.4. The standard InChI is InChI=1S/C19H20N2OS2/c1-12-8-10-13(11-9-12)21-18(22)16-14-6-4-2-3-5-7-15(14)24-17(16)20-19(21)23/h8-11H,2-7H2,1H3,(H,20,23). The molecular formula is C19H20N2OS2. The molecule has 1 aromatic carbocycles. The molecule has 1 N–H and O–H groups in total. The lowest BCUT2D eigenvalue weighted by atomic mass is 9.98. The number of hydrogen-bond donors (Lipinski definition) is 1. The average molecular weight is 357 g/mol. The minimum absolute atomic E-state index is 0.0238. The van der Waals surface area contributed by atoms with Gasteiger partial charge in [-0.05, 0) is 62.5 Å². The summed E-state index contributed by atoms with van der Waals surface area (Å²) in [5.41, 5.74) is 3.28. The molecule has 1 aliphatic rings. The summed E-state index contributed by atoms with van der Waals surface area (Å²) < 4.78 is 2.12. The van der Waals surface area contributed by atoms with Crippen LogP contribution in [0.2, 0.25) is 0 Å². The highest BCUT2D eigenvalue weighted by molar-refractivity contribution is 7.71. The molecule has 3 aromatic rings. The number of H-pyrrole nitrogens is 1. The van der Waals surface area contributed by atoms with Crippen LogP contribution in [0.1, 0.15) is 41.7 Å². The first-order chi connectivity index (χ1) is 11.6. The Morgan fingerprint density at radius 1 is 1.08 bits per heavy atom. The summed E-state index contributed by atoms with van der Waals surface area (Å²) in [5.74, 6) is 0. The Morgan fingerprint density at radius 2 is 1.79 bits per heavy atom. The van der Waals surface area contributed by atoms with Gasteiger partial charge in [-0.2, -0.15) is 0 Å². The van der Waals surface area contributed by atoms with Crippen LogP contribution in [0.3, 0.4) is 0 Å². The number of benzene rings is 1. The molecule has 4 rings (SSSR count). The molecule has 0 radical (unpaired) electrons. The molecule has 0 bridgehead atoms. The maximum absolute atomic E-state index is 13.2. The number of nitrogens with zero attached hydrogens (tertiary/aromatic N) is 1. The SMILES string of the molecule is Cc1ccc(-n2c(=S)[nH]c3sc4c(c3c2=O)CCCCCC4)cc1. The van der Waals surface area contributed by atoms with Gasteiger partial charge in [0.25, 0.3) is 5.56 Å². The van der Waals surface area contributed by atoms with Crippen LogP contribution in [0, 0.1) is 11.7 Å². The van der Waals surface area contributed by atoms with Gasteiger partial charge in [0.1, 0.15) is 4.83 Å². The van der Waals surface area contributed by atoms with Crippen molar-refractivity contribution in [3.05, 3.63) is 55.4 Å². The first-order valence-electron chi connectivity index (χ1n) is 8.52. The largest absolute Gasteiger partial charge is 0.323 e. The first kappa shape index (κ1) is 15.8. The van der Waals surface area contributed by atoms with E-state index in [1.807, 2.05) is 31.2 Å². The van der Waals surface area contributed by atoms with E-state index in [0.29, 0.717) is 4.77 Å². The van der Waals surface area contributed by atoms with E-state index in [1.165, 1.54) is 41.7 Å². The van der Waals surface area contributed by atoms with Gasteiger partial charge in [-0.1, -0.05) is 30.5 Å². The lowest BCUT2D eigenvalue weighted by molar-refractivity contribution is 0.623. The van der Waals surface area contributed by atoms with Crippen LogP contribution in [0.25, 0.3) is 15.9 Å². The molecular weight excluding hydrogens is 336 g/mol. The summed E-state index contributed by atoms with van der Waals surface area (Å²) in [4.78, 5) is 18.9. The highest BCUT2D eigenvalue weighted by atomic mass is 32.1. The Hall–Kier alpha value is -1.72. The van der Waals surface area contributed by atoms with Gasteiger partial charge in [0.15, 0.2) is 4.77 Å². The fourth-order valence-electron chi connectivity index (χ4n) is 3.52. The molecule has 124 valence electrons. The molecule has 0 unspecified atom stereocenters. The van der Waals surface area contributed by atoms with Crippen molar-refractivity contribution in [3.8, 4) is 5.69 Å². The Bertz CT molecular complexity index is 1010. The van der Waals surface area contributed by atoms with E-state index >= 15 is 0 Å². The van der Waals surface area contributed by atoms with Crippen molar-refractivity contribution in [1.29, 1.82) is 0 Å².